The largest absolute Gasteiger partial charge is 0.497 e. The molecule has 0 aliphatic carbocycles. The number of hydrogen-bond donors (Lipinski definition) is 0. The summed E-state index contributed by atoms with van der Waals surface area (Å²) in [5.74, 6) is 1.39. The monoisotopic (exact) mass is 404 g/mol. The predicted molar refractivity (Wildman–Crippen MR) is 116 cm³/mol. The number of rotatable bonds is 7. The number of thiazole rings is 1. The second-order valence-corrected chi connectivity index (χ2v) is 6.73. The highest BCUT2D eigenvalue weighted by Gasteiger charge is 2.13. The summed E-state index contributed by atoms with van der Waals surface area (Å²) >= 11 is 1.49. The van der Waals surface area contributed by atoms with Crippen LogP contribution in [0.1, 0.15) is 11.1 Å². The van der Waals surface area contributed by atoms with Crippen molar-refractivity contribution in [2.75, 3.05) is 20.8 Å². The van der Waals surface area contributed by atoms with E-state index in [1.807, 2.05) is 35.7 Å². The molecule has 6 nitrogen and oxygen atoms in total. The number of benzene rings is 2. The third-order valence-electron chi connectivity index (χ3n) is 4.09. The van der Waals surface area contributed by atoms with Gasteiger partial charge in [0.1, 0.15) is 11.5 Å². The Morgan fingerprint density at radius 3 is 2.62 bits per heavy atom. The van der Waals surface area contributed by atoms with Crippen LogP contribution >= 0.6 is 11.3 Å². The van der Waals surface area contributed by atoms with Gasteiger partial charge in [0.05, 0.1) is 44.3 Å². The molecule has 0 aliphatic rings. The molecule has 1 aromatic heterocycles. The summed E-state index contributed by atoms with van der Waals surface area (Å²) in [6, 6.07) is 15.0. The molecule has 0 saturated heterocycles. The van der Waals surface area contributed by atoms with Gasteiger partial charge < -0.3 is 9.47 Å². The quantitative estimate of drug-likeness (QED) is 0.440. The Kier molecular flexibility index (Phi) is 6.61. The molecule has 0 radical (unpaired) electrons. The van der Waals surface area contributed by atoms with Crippen molar-refractivity contribution in [2.45, 2.75) is 0 Å². The van der Waals surface area contributed by atoms with E-state index in [1.54, 1.807) is 43.3 Å². The van der Waals surface area contributed by atoms with Gasteiger partial charge in [-0.3, -0.25) is 4.99 Å². The van der Waals surface area contributed by atoms with Crippen LogP contribution in [0.2, 0.25) is 0 Å². The number of nitriles is 1. The normalized spacial score (nSPS) is 11.4. The Bertz CT molecular complexity index is 1130. The SMILES string of the molecule is C=CCN=c1scc(-c2ccc(OC)cc2OC)n1N=Cc1ccc(C#N)cc1. The summed E-state index contributed by atoms with van der Waals surface area (Å²) in [7, 11) is 3.24. The third-order valence-corrected chi connectivity index (χ3v) is 4.94. The van der Waals surface area contributed by atoms with Crippen molar-refractivity contribution in [2.24, 2.45) is 10.1 Å². The van der Waals surface area contributed by atoms with Gasteiger partial charge in [0.15, 0.2) is 0 Å². The molecular formula is C22H20N4O2S. The molecule has 0 unspecified atom stereocenters. The van der Waals surface area contributed by atoms with E-state index in [2.05, 4.69) is 22.7 Å². The first kappa shape index (κ1) is 20.1. The van der Waals surface area contributed by atoms with Gasteiger partial charge in [-0.05, 0) is 29.8 Å². The van der Waals surface area contributed by atoms with Crippen molar-refractivity contribution in [1.82, 2.24) is 4.68 Å². The number of aromatic nitrogens is 1. The third kappa shape index (κ3) is 4.62. The second kappa shape index (κ2) is 9.53. The number of nitrogens with zero attached hydrogens (tertiary/aromatic N) is 4. The maximum Gasteiger partial charge on any atom is 0.206 e. The van der Waals surface area contributed by atoms with E-state index in [1.165, 1.54) is 11.3 Å². The second-order valence-electron chi connectivity index (χ2n) is 5.89. The Labute approximate surface area is 173 Å². The van der Waals surface area contributed by atoms with E-state index >= 15 is 0 Å². The first-order valence-electron chi connectivity index (χ1n) is 8.79. The molecule has 0 fully saturated rings. The smallest absolute Gasteiger partial charge is 0.206 e. The predicted octanol–water partition coefficient (Wildman–Crippen LogP) is 4.07. The maximum atomic E-state index is 8.95. The van der Waals surface area contributed by atoms with Gasteiger partial charge in [-0.15, -0.1) is 17.9 Å². The van der Waals surface area contributed by atoms with E-state index in [4.69, 9.17) is 14.7 Å². The summed E-state index contributed by atoms with van der Waals surface area (Å²) < 4.78 is 12.6. The molecule has 3 aromatic rings. The van der Waals surface area contributed by atoms with Crippen LogP contribution in [-0.2, 0) is 0 Å². The molecule has 29 heavy (non-hydrogen) atoms. The Morgan fingerprint density at radius 2 is 1.97 bits per heavy atom. The first-order valence-corrected chi connectivity index (χ1v) is 9.67. The topological polar surface area (TPSA) is 71.9 Å². The maximum absolute atomic E-state index is 8.95. The first-order chi connectivity index (χ1) is 14.2. The van der Waals surface area contributed by atoms with Gasteiger partial charge in [-0.1, -0.05) is 18.2 Å². The fraction of sp³-hybridized carbons (Fsp3) is 0.136. The molecule has 0 spiro atoms. The molecule has 7 heteroatoms. The highest BCUT2D eigenvalue weighted by molar-refractivity contribution is 7.07. The van der Waals surface area contributed by atoms with Crippen LogP contribution in [0.4, 0.5) is 0 Å². The van der Waals surface area contributed by atoms with Gasteiger partial charge in [-0.25, -0.2) is 4.68 Å². The van der Waals surface area contributed by atoms with Crippen LogP contribution in [0.3, 0.4) is 0 Å². The van der Waals surface area contributed by atoms with E-state index in [9.17, 15) is 0 Å². The lowest BCUT2D eigenvalue weighted by molar-refractivity contribution is 0.395. The zero-order chi connectivity index (χ0) is 20.6. The minimum absolute atomic E-state index is 0.492. The Balaban J connectivity index is 2.09. The van der Waals surface area contributed by atoms with Crippen molar-refractivity contribution in [1.29, 1.82) is 5.26 Å². The van der Waals surface area contributed by atoms with Crippen LogP contribution in [0.25, 0.3) is 11.3 Å². The molecule has 0 bridgehead atoms. The van der Waals surface area contributed by atoms with Crippen LogP contribution in [-0.4, -0.2) is 31.7 Å². The van der Waals surface area contributed by atoms with Gasteiger partial charge in [0.2, 0.25) is 4.80 Å². The van der Waals surface area contributed by atoms with Crippen LogP contribution in [0.5, 0.6) is 11.5 Å². The summed E-state index contributed by atoms with van der Waals surface area (Å²) in [5, 5.41) is 15.6. The highest BCUT2D eigenvalue weighted by Crippen LogP contribution is 2.33. The van der Waals surface area contributed by atoms with E-state index in [0.29, 0.717) is 23.6 Å². The fourth-order valence-electron chi connectivity index (χ4n) is 2.63. The Morgan fingerprint density at radius 1 is 1.17 bits per heavy atom. The lowest BCUT2D eigenvalue weighted by atomic mass is 10.1. The van der Waals surface area contributed by atoms with Gasteiger partial charge in [0.25, 0.3) is 0 Å². The lowest BCUT2D eigenvalue weighted by Gasteiger charge is -2.10. The average Bonchev–Trinajstić information content (AvgIpc) is 3.18. The number of hydrogen-bond acceptors (Lipinski definition) is 6. The molecule has 0 saturated carbocycles. The summed E-state index contributed by atoms with van der Waals surface area (Å²) in [6.45, 7) is 4.22. The zero-order valence-corrected chi connectivity index (χ0v) is 17.0. The summed E-state index contributed by atoms with van der Waals surface area (Å²) in [4.78, 5) is 5.28. The molecule has 0 atom stereocenters. The minimum Gasteiger partial charge on any atom is -0.497 e. The van der Waals surface area contributed by atoms with E-state index in [0.717, 1.165) is 21.6 Å². The molecule has 1 heterocycles. The van der Waals surface area contributed by atoms with Crippen molar-refractivity contribution < 1.29 is 9.47 Å². The number of ether oxygens (including phenoxy) is 2. The number of methoxy groups -OCH3 is 2. The van der Waals surface area contributed by atoms with Gasteiger partial charge >= 0.3 is 0 Å². The van der Waals surface area contributed by atoms with Crippen molar-refractivity contribution in [3.05, 3.63) is 76.4 Å². The van der Waals surface area contributed by atoms with Crippen LogP contribution in [0.15, 0.2) is 70.6 Å². The average molecular weight is 404 g/mol. The molecule has 0 amide bonds. The standard InChI is InChI=1S/C22H20N4O2S/c1-4-11-24-22-26(25-14-17-7-5-16(13-23)6-8-17)20(15-29-22)19-10-9-18(27-2)12-21(19)28-3/h4-10,12,14-15H,1,11H2,2-3H3. The highest BCUT2D eigenvalue weighted by atomic mass is 32.1. The van der Waals surface area contributed by atoms with Gasteiger partial charge in [0, 0.05) is 17.0 Å². The minimum atomic E-state index is 0.492. The molecule has 0 N–H and O–H groups in total. The lowest BCUT2D eigenvalue weighted by Crippen LogP contribution is -2.12. The molecular weight excluding hydrogens is 384 g/mol. The fourth-order valence-corrected chi connectivity index (χ4v) is 3.46. The van der Waals surface area contributed by atoms with Crippen molar-refractivity contribution >= 4 is 17.6 Å². The molecule has 0 aliphatic heterocycles. The van der Waals surface area contributed by atoms with Crippen molar-refractivity contribution in [3.63, 3.8) is 0 Å². The summed E-state index contributed by atoms with van der Waals surface area (Å²) in [6.07, 6.45) is 3.47. The summed E-state index contributed by atoms with van der Waals surface area (Å²) in [5.41, 5.74) is 3.21. The van der Waals surface area contributed by atoms with E-state index < -0.39 is 0 Å². The molecule has 3 rings (SSSR count). The zero-order valence-electron chi connectivity index (χ0n) is 16.2. The van der Waals surface area contributed by atoms with Gasteiger partial charge in [-0.2, -0.15) is 10.4 Å². The van der Waals surface area contributed by atoms with Crippen LogP contribution < -0.4 is 14.3 Å². The molecule has 146 valence electrons. The molecule has 2 aromatic carbocycles. The van der Waals surface area contributed by atoms with Crippen LogP contribution in [0, 0.1) is 11.3 Å². The Hall–Kier alpha value is -3.63. The van der Waals surface area contributed by atoms with E-state index in [-0.39, 0.29) is 0 Å². The van der Waals surface area contributed by atoms with Crippen molar-refractivity contribution in [3.8, 4) is 28.8 Å².